The molecule has 3 nitrogen and oxygen atoms in total. The lowest BCUT2D eigenvalue weighted by Gasteiger charge is -1.98. The van der Waals surface area contributed by atoms with E-state index in [-0.39, 0.29) is 5.97 Å². The number of aromatic nitrogens is 1. The summed E-state index contributed by atoms with van der Waals surface area (Å²) in [6.45, 7) is 1.90. The minimum absolute atomic E-state index is 0.331. The van der Waals surface area contributed by atoms with Gasteiger partial charge < -0.3 is 9.72 Å². The normalized spacial score (nSPS) is 11.8. The first-order chi connectivity index (χ1) is 7.72. The molecule has 0 bridgehead atoms. The molecule has 0 atom stereocenters. The van der Waals surface area contributed by atoms with Crippen LogP contribution in [-0.2, 0) is 9.53 Å². The van der Waals surface area contributed by atoms with Crippen LogP contribution in [0.5, 0.6) is 0 Å². The molecule has 82 valence electrons. The van der Waals surface area contributed by atoms with Crippen molar-refractivity contribution in [3.05, 3.63) is 42.1 Å². The van der Waals surface area contributed by atoms with Gasteiger partial charge in [-0.05, 0) is 18.6 Å². The first-order valence-electron chi connectivity index (χ1n) is 5.05. The van der Waals surface area contributed by atoms with E-state index in [1.54, 1.807) is 0 Å². The van der Waals surface area contributed by atoms with Crippen molar-refractivity contribution in [2.45, 2.75) is 6.92 Å². The number of para-hydroxylation sites is 1. The van der Waals surface area contributed by atoms with Crippen LogP contribution in [-0.4, -0.2) is 18.1 Å². The Bertz CT molecular complexity index is 552. The van der Waals surface area contributed by atoms with Crippen LogP contribution >= 0.6 is 0 Å². The van der Waals surface area contributed by atoms with E-state index in [0.717, 1.165) is 22.0 Å². The molecule has 0 aliphatic carbocycles. The number of hydrogen-bond donors (Lipinski definition) is 1. The second-order valence-corrected chi connectivity index (χ2v) is 3.60. The third-order valence-corrected chi connectivity index (χ3v) is 2.55. The number of ether oxygens (including phenoxy) is 1. The van der Waals surface area contributed by atoms with Gasteiger partial charge in [-0.2, -0.15) is 0 Å². The molecule has 0 aliphatic heterocycles. The third kappa shape index (κ3) is 1.84. The van der Waals surface area contributed by atoms with E-state index in [2.05, 4.69) is 9.72 Å². The molecule has 0 saturated heterocycles. The van der Waals surface area contributed by atoms with Gasteiger partial charge in [-0.25, -0.2) is 4.79 Å². The number of carbonyl (C=O) groups excluding carboxylic acids is 1. The lowest BCUT2D eigenvalue weighted by Crippen LogP contribution is -1.95. The Morgan fingerprint density at radius 1 is 1.38 bits per heavy atom. The summed E-state index contributed by atoms with van der Waals surface area (Å²) in [6, 6.07) is 7.98. The molecule has 0 unspecified atom stereocenters. The Labute approximate surface area is 93.7 Å². The maximum Gasteiger partial charge on any atom is 0.330 e. The molecular formula is C13H13NO2. The molecule has 1 heterocycles. The molecule has 0 fully saturated rings. The number of methoxy groups -OCH3 is 1. The summed E-state index contributed by atoms with van der Waals surface area (Å²) in [7, 11) is 1.38. The largest absolute Gasteiger partial charge is 0.466 e. The summed E-state index contributed by atoms with van der Waals surface area (Å²) in [5.74, 6) is -0.331. The number of H-pyrrole nitrogens is 1. The van der Waals surface area contributed by atoms with E-state index < -0.39 is 0 Å². The zero-order valence-corrected chi connectivity index (χ0v) is 9.28. The lowest BCUT2D eigenvalue weighted by atomic mass is 10.1. The molecule has 2 aromatic rings. The average molecular weight is 215 g/mol. The van der Waals surface area contributed by atoms with Gasteiger partial charge in [0.2, 0.25) is 0 Å². The number of benzene rings is 1. The van der Waals surface area contributed by atoms with Crippen LogP contribution in [0.2, 0.25) is 0 Å². The van der Waals surface area contributed by atoms with Crippen LogP contribution in [0.4, 0.5) is 0 Å². The number of hydrogen-bond acceptors (Lipinski definition) is 2. The topological polar surface area (TPSA) is 42.1 Å². The number of carbonyl (C=O) groups is 1. The van der Waals surface area contributed by atoms with Crippen LogP contribution in [0.25, 0.3) is 16.5 Å². The number of fused-ring (bicyclic) bond motifs is 1. The van der Waals surface area contributed by atoms with Gasteiger partial charge in [-0.3, -0.25) is 0 Å². The Morgan fingerprint density at radius 3 is 2.88 bits per heavy atom. The van der Waals surface area contributed by atoms with Crippen molar-refractivity contribution in [1.82, 2.24) is 4.98 Å². The highest BCUT2D eigenvalue weighted by atomic mass is 16.5. The summed E-state index contributed by atoms with van der Waals surface area (Å²) in [4.78, 5) is 14.3. The molecule has 1 aromatic carbocycles. The minimum Gasteiger partial charge on any atom is -0.466 e. The molecule has 0 spiro atoms. The summed E-state index contributed by atoms with van der Waals surface area (Å²) in [6.07, 6.45) is 3.40. The van der Waals surface area contributed by atoms with Crippen molar-refractivity contribution in [3.63, 3.8) is 0 Å². The fourth-order valence-corrected chi connectivity index (χ4v) is 1.71. The van der Waals surface area contributed by atoms with Crippen molar-refractivity contribution in [2.75, 3.05) is 7.11 Å². The predicted molar refractivity (Wildman–Crippen MR) is 64.0 cm³/mol. The standard InChI is InChI=1S/C13H13NO2/c1-9(7-13(15)16-2)11-8-14-12-6-4-3-5-10(11)12/h3-8,14H,1-2H3/b9-7+. The Kier molecular flexibility index (Phi) is 2.77. The van der Waals surface area contributed by atoms with Crippen LogP contribution < -0.4 is 0 Å². The molecule has 0 aliphatic rings. The van der Waals surface area contributed by atoms with Crippen LogP contribution in [0, 0.1) is 0 Å². The molecular weight excluding hydrogens is 202 g/mol. The van der Waals surface area contributed by atoms with Crippen molar-refractivity contribution in [1.29, 1.82) is 0 Å². The van der Waals surface area contributed by atoms with Gasteiger partial charge in [0, 0.05) is 28.7 Å². The fourth-order valence-electron chi connectivity index (χ4n) is 1.71. The highest BCUT2D eigenvalue weighted by Gasteiger charge is 2.05. The monoisotopic (exact) mass is 215 g/mol. The Hall–Kier alpha value is -2.03. The van der Waals surface area contributed by atoms with Gasteiger partial charge >= 0.3 is 5.97 Å². The SMILES string of the molecule is COC(=O)/C=C(\C)c1c[nH]c2ccccc12. The van der Waals surface area contributed by atoms with E-state index in [9.17, 15) is 4.79 Å². The molecule has 3 heteroatoms. The quantitative estimate of drug-likeness (QED) is 0.618. The van der Waals surface area contributed by atoms with Crippen molar-refractivity contribution in [3.8, 4) is 0 Å². The lowest BCUT2D eigenvalue weighted by molar-refractivity contribution is -0.134. The van der Waals surface area contributed by atoms with Gasteiger partial charge in [-0.1, -0.05) is 18.2 Å². The molecule has 1 aromatic heterocycles. The molecule has 0 radical (unpaired) electrons. The number of rotatable bonds is 2. The highest BCUT2D eigenvalue weighted by Crippen LogP contribution is 2.24. The first-order valence-corrected chi connectivity index (χ1v) is 5.05. The smallest absolute Gasteiger partial charge is 0.330 e. The van der Waals surface area contributed by atoms with Crippen LogP contribution in [0.15, 0.2) is 36.5 Å². The van der Waals surface area contributed by atoms with Gasteiger partial charge in [0.1, 0.15) is 0 Å². The van der Waals surface area contributed by atoms with E-state index in [1.165, 1.54) is 13.2 Å². The van der Waals surface area contributed by atoms with Crippen molar-refractivity contribution >= 4 is 22.4 Å². The van der Waals surface area contributed by atoms with E-state index in [1.807, 2.05) is 37.4 Å². The summed E-state index contributed by atoms with van der Waals surface area (Å²) in [5.41, 5.74) is 2.99. The van der Waals surface area contributed by atoms with E-state index >= 15 is 0 Å². The number of allylic oxidation sites excluding steroid dienone is 1. The molecule has 2 rings (SSSR count). The van der Waals surface area contributed by atoms with E-state index in [0.29, 0.717) is 0 Å². The molecule has 0 amide bonds. The summed E-state index contributed by atoms with van der Waals surface area (Å²) in [5, 5.41) is 1.11. The first kappa shape index (κ1) is 10.5. The maximum absolute atomic E-state index is 11.1. The number of nitrogens with one attached hydrogen (secondary N) is 1. The molecule has 16 heavy (non-hydrogen) atoms. The van der Waals surface area contributed by atoms with Gasteiger partial charge in [0.15, 0.2) is 0 Å². The minimum atomic E-state index is -0.331. The predicted octanol–water partition coefficient (Wildman–Crippen LogP) is 2.74. The summed E-state index contributed by atoms with van der Waals surface area (Å²) >= 11 is 0. The Morgan fingerprint density at radius 2 is 2.12 bits per heavy atom. The summed E-state index contributed by atoms with van der Waals surface area (Å²) < 4.78 is 4.61. The Balaban J connectivity index is 2.48. The maximum atomic E-state index is 11.1. The van der Waals surface area contributed by atoms with Crippen LogP contribution in [0.3, 0.4) is 0 Å². The van der Waals surface area contributed by atoms with Gasteiger partial charge in [0.05, 0.1) is 7.11 Å². The van der Waals surface area contributed by atoms with Crippen molar-refractivity contribution in [2.24, 2.45) is 0 Å². The number of aromatic amines is 1. The fraction of sp³-hybridized carbons (Fsp3) is 0.154. The van der Waals surface area contributed by atoms with E-state index in [4.69, 9.17) is 0 Å². The van der Waals surface area contributed by atoms with Crippen molar-refractivity contribution < 1.29 is 9.53 Å². The highest BCUT2D eigenvalue weighted by molar-refractivity contribution is 5.98. The third-order valence-electron chi connectivity index (χ3n) is 2.55. The zero-order chi connectivity index (χ0) is 11.5. The molecule has 0 saturated carbocycles. The number of esters is 1. The zero-order valence-electron chi connectivity index (χ0n) is 9.28. The average Bonchev–Trinajstić information content (AvgIpc) is 2.72. The second kappa shape index (κ2) is 4.23. The van der Waals surface area contributed by atoms with Gasteiger partial charge in [-0.15, -0.1) is 0 Å². The molecule has 1 N–H and O–H groups in total. The second-order valence-electron chi connectivity index (χ2n) is 3.60. The van der Waals surface area contributed by atoms with Crippen LogP contribution in [0.1, 0.15) is 12.5 Å². The van der Waals surface area contributed by atoms with Gasteiger partial charge in [0.25, 0.3) is 0 Å².